The van der Waals surface area contributed by atoms with Crippen LogP contribution in [0.5, 0.6) is 0 Å². The van der Waals surface area contributed by atoms with Gasteiger partial charge in [0, 0.05) is 6.42 Å². The van der Waals surface area contributed by atoms with Crippen LogP contribution in [0.1, 0.15) is 92.7 Å². The molecule has 2 aromatic heterocycles. The molecule has 0 saturated carbocycles. The van der Waals surface area contributed by atoms with E-state index >= 15 is 0 Å². The van der Waals surface area contributed by atoms with E-state index in [0.717, 1.165) is 23.4 Å². The molecule has 4 aliphatic rings. The average molecular weight is 630 g/mol. The maximum atomic E-state index is 7.31. The van der Waals surface area contributed by atoms with Crippen LogP contribution in [-0.2, 0) is 13.6 Å². The number of fused-ring (bicyclic) bond motifs is 1. The number of aromatic nitrogens is 4. The van der Waals surface area contributed by atoms with Gasteiger partial charge in [-0.2, -0.15) is 0 Å². The molecule has 11 heteroatoms. The van der Waals surface area contributed by atoms with Gasteiger partial charge in [0.25, 0.3) is 0 Å². The molecule has 1 unspecified atom stereocenters. The molecule has 4 fully saturated rings. The van der Waals surface area contributed by atoms with Gasteiger partial charge in [0.15, 0.2) is 30.5 Å². The SMILES string of the molecule is CC(C)[Si]1(Nc2ncnc3c2ncn3[C@@H]2CC(O[Si]3(C(C)C)CCCC3)[C@H](CO[Si]3(C(C)C)CCCC3)O2)CCCC1. The fraction of sp³-hybridized carbons (Fsp3) is 0.839. The monoisotopic (exact) mass is 629 g/mol. The topological polar surface area (TPSA) is 83.3 Å². The summed E-state index contributed by atoms with van der Waals surface area (Å²) in [5, 5.41) is 0. The van der Waals surface area contributed by atoms with Crippen molar-refractivity contribution in [2.45, 2.75) is 158 Å². The van der Waals surface area contributed by atoms with Gasteiger partial charge >= 0.3 is 0 Å². The minimum absolute atomic E-state index is 0.0468. The number of rotatable bonds is 11. The molecule has 42 heavy (non-hydrogen) atoms. The Labute approximate surface area is 256 Å². The van der Waals surface area contributed by atoms with Crippen molar-refractivity contribution >= 4 is 41.9 Å². The molecule has 4 saturated heterocycles. The standard InChI is InChI=1S/C31H55N5O3Si3/c1-23(2)40(13-7-8-14-40)35-30-29-31(33-21-32-30)36(22-34-29)28-19-26(39-42(25(5)6)17-11-12-18-42)27(38-28)20-37-41(24(3)4)15-9-10-16-41/h21-28H,7-20H2,1-6H3,(H,32,33,35)/t26?,27-,28-/m0/s1. The van der Waals surface area contributed by atoms with Gasteiger partial charge in [-0.3, -0.25) is 4.57 Å². The van der Waals surface area contributed by atoms with Crippen molar-refractivity contribution in [1.29, 1.82) is 0 Å². The third kappa shape index (κ3) is 5.71. The van der Waals surface area contributed by atoms with Gasteiger partial charge in [-0.1, -0.05) is 80.1 Å². The largest absolute Gasteiger partial charge is 0.414 e. The molecule has 0 aromatic carbocycles. The Morgan fingerprint density at radius 1 is 0.833 bits per heavy atom. The Kier molecular flexibility index (Phi) is 9.08. The predicted octanol–water partition coefficient (Wildman–Crippen LogP) is 8.38. The van der Waals surface area contributed by atoms with Crippen LogP contribution in [0.4, 0.5) is 5.82 Å². The molecule has 0 spiro atoms. The first-order valence-corrected chi connectivity index (χ1v) is 24.4. The van der Waals surface area contributed by atoms with Gasteiger partial charge in [-0.25, -0.2) is 15.0 Å². The van der Waals surface area contributed by atoms with Crippen molar-refractivity contribution in [1.82, 2.24) is 19.5 Å². The third-order valence-electron chi connectivity index (χ3n) is 11.7. The van der Waals surface area contributed by atoms with E-state index < -0.39 is 24.9 Å². The summed E-state index contributed by atoms with van der Waals surface area (Å²) >= 11 is 0. The Balaban J connectivity index is 1.26. The molecule has 0 bridgehead atoms. The summed E-state index contributed by atoms with van der Waals surface area (Å²) in [5.74, 6) is 0.912. The first-order chi connectivity index (χ1) is 20.2. The number of ether oxygens (including phenoxy) is 1. The summed E-state index contributed by atoms with van der Waals surface area (Å²) in [6.07, 6.45) is 12.2. The van der Waals surface area contributed by atoms with Gasteiger partial charge in [0.2, 0.25) is 0 Å². The highest BCUT2D eigenvalue weighted by atomic mass is 28.4. The number of imidazole rings is 1. The molecule has 0 amide bonds. The van der Waals surface area contributed by atoms with Crippen LogP contribution < -0.4 is 4.98 Å². The average Bonchev–Trinajstić information content (AvgIpc) is 3.79. The van der Waals surface area contributed by atoms with Crippen LogP contribution in [-0.4, -0.2) is 63.2 Å². The third-order valence-corrected chi connectivity index (χ3v) is 27.7. The summed E-state index contributed by atoms with van der Waals surface area (Å²) in [4.78, 5) is 18.4. The molecule has 0 radical (unpaired) electrons. The van der Waals surface area contributed by atoms with Crippen molar-refractivity contribution < 1.29 is 13.6 Å². The van der Waals surface area contributed by atoms with E-state index in [1.165, 1.54) is 74.8 Å². The summed E-state index contributed by atoms with van der Waals surface area (Å²) in [5.41, 5.74) is 3.66. The first-order valence-electron chi connectivity index (χ1n) is 17.1. The minimum Gasteiger partial charge on any atom is -0.414 e. The minimum atomic E-state index is -1.81. The normalized spacial score (nSPS) is 28.6. The maximum Gasteiger partial charge on any atom is 0.195 e. The van der Waals surface area contributed by atoms with Crippen molar-refractivity contribution in [3.8, 4) is 0 Å². The zero-order valence-electron chi connectivity index (χ0n) is 27.0. The summed E-state index contributed by atoms with van der Waals surface area (Å²) in [6, 6.07) is 7.76. The molecule has 0 aliphatic carbocycles. The van der Waals surface area contributed by atoms with Gasteiger partial charge in [-0.05, 0) is 52.9 Å². The summed E-state index contributed by atoms with van der Waals surface area (Å²) < 4.78 is 23.4. The Morgan fingerprint density at radius 3 is 2.07 bits per heavy atom. The van der Waals surface area contributed by atoms with Gasteiger partial charge in [0.1, 0.15) is 30.0 Å². The van der Waals surface area contributed by atoms with Crippen molar-refractivity contribution in [3.05, 3.63) is 12.7 Å². The Hall–Kier alpha value is -1.12. The molecule has 3 atom stereocenters. The molecule has 4 aliphatic heterocycles. The molecule has 234 valence electrons. The van der Waals surface area contributed by atoms with Gasteiger partial charge in [0.05, 0.1) is 19.0 Å². The molecule has 8 nitrogen and oxygen atoms in total. The van der Waals surface area contributed by atoms with Gasteiger partial charge in [-0.15, -0.1) is 0 Å². The van der Waals surface area contributed by atoms with Crippen LogP contribution in [0, 0.1) is 0 Å². The molecule has 6 heterocycles. The quantitative estimate of drug-likeness (QED) is 0.250. The smallest absolute Gasteiger partial charge is 0.195 e. The second kappa shape index (κ2) is 12.3. The summed E-state index contributed by atoms with van der Waals surface area (Å²) in [7, 11) is -5.19. The highest BCUT2D eigenvalue weighted by molar-refractivity contribution is 6.84. The van der Waals surface area contributed by atoms with Crippen LogP contribution in [0.3, 0.4) is 0 Å². The molecular weight excluding hydrogens is 575 g/mol. The highest BCUT2D eigenvalue weighted by Crippen LogP contribution is 2.46. The van der Waals surface area contributed by atoms with E-state index in [-0.39, 0.29) is 18.4 Å². The van der Waals surface area contributed by atoms with Crippen molar-refractivity contribution in [2.24, 2.45) is 0 Å². The van der Waals surface area contributed by atoms with E-state index in [0.29, 0.717) is 23.2 Å². The van der Waals surface area contributed by atoms with Crippen LogP contribution in [0.2, 0.25) is 52.9 Å². The van der Waals surface area contributed by atoms with E-state index in [2.05, 4.69) is 51.1 Å². The summed E-state index contributed by atoms with van der Waals surface area (Å²) in [6.45, 7) is 15.0. The highest BCUT2D eigenvalue weighted by Gasteiger charge is 2.49. The van der Waals surface area contributed by atoms with E-state index in [1.807, 2.05) is 6.33 Å². The number of nitrogens with one attached hydrogen (secondary N) is 1. The van der Waals surface area contributed by atoms with Crippen molar-refractivity contribution in [2.75, 3.05) is 11.6 Å². The molecule has 1 N–H and O–H groups in total. The first kappa shape index (κ1) is 30.9. The number of hydrogen-bond donors (Lipinski definition) is 1. The Bertz CT molecular complexity index is 1210. The van der Waals surface area contributed by atoms with E-state index in [9.17, 15) is 0 Å². The Morgan fingerprint density at radius 2 is 1.45 bits per heavy atom. The molecular formula is C31H55N5O3Si3. The predicted molar refractivity (Wildman–Crippen MR) is 177 cm³/mol. The van der Waals surface area contributed by atoms with Crippen LogP contribution in [0.15, 0.2) is 12.7 Å². The number of nitrogens with zero attached hydrogens (tertiary/aromatic N) is 4. The van der Waals surface area contributed by atoms with E-state index in [1.54, 1.807) is 6.33 Å². The lowest BCUT2D eigenvalue weighted by molar-refractivity contribution is -0.0380. The lowest BCUT2D eigenvalue weighted by atomic mass is 10.2. The second-order valence-corrected chi connectivity index (χ2v) is 28.7. The van der Waals surface area contributed by atoms with Crippen LogP contribution in [0.25, 0.3) is 11.2 Å². The van der Waals surface area contributed by atoms with Crippen molar-refractivity contribution in [3.63, 3.8) is 0 Å². The molecule has 6 rings (SSSR count). The maximum absolute atomic E-state index is 7.31. The zero-order valence-corrected chi connectivity index (χ0v) is 30.0. The fourth-order valence-corrected chi connectivity index (χ4v) is 21.6. The molecule has 2 aromatic rings. The lowest BCUT2D eigenvalue weighted by Gasteiger charge is -2.37. The lowest BCUT2D eigenvalue weighted by Crippen LogP contribution is -2.47. The van der Waals surface area contributed by atoms with E-state index in [4.69, 9.17) is 28.5 Å². The fourth-order valence-electron chi connectivity index (χ4n) is 8.60. The number of anilines is 1. The zero-order chi connectivity index (χ0) is 29.5. The van der Waals surface area contributed by atoms with Gasteiger partial charge < -0.3 is 18.6 Å². The number of hydrogen-bond acceptors (Lipinski definition) is 7. The van der Waals surface area contributed by atoms with Crippen LogP contribution >= 0.6 is 0 Å². The second-order valence-electron chi connectivity index (χ2n) is 14.9.